The summed E-state index contributed by atoms with van der Waals surface area (Å²) in [6, 6.07) is 12.2. The fraction of sp³-hybridized carbons (Fsp3) is 0.208. The first-order valence-corrected chi connectivity index (χ1v) is 10.6. The zero-order valence-corrected chi connectivity index (χ0v) is 18.3. The third kappa shape index (κ3) is 3.78. The zero-order chi connectivity index (χ0) is 21.4. The number of anilines is 1. The van der Waals surface area contributed by atoms with Crippen molar-refractivity contribution in [1.82, 2.24) is 9.55 Å². The number of fused-ring (bicyclic) bond motifs is 1. The molecule has 5 nitrogen and oxygen atoms in total. The number of rotatable bonds is 4. The fourth-order valence-electron chi connectivity index (χ4n) is 3.70. The van der Waals surface area contributed by atoms with Gasteiger partial charge in [-0.1, -0.05) is 47.5 Å². The molecule has 0 unspecified atom stereocenters. The molecule has 0 saturated heterocycles. The number of carbonyl (C=O) groups is 1. The van der Waals surface area contributed by atoms with E-state index < -0.39 is 0 Å². The number of aromatic nitrogens is 2. The fourth-order valence-corrected chi connectivity index (χ4v) is 4.68. The van der Waals surface area contributed by atoms with Crippen LogP contribution in [0.3, 0.4) is 0 Å². The molecule has 0 saturated carbocycles. The highest BCUT2D eigenvalue weighted by atomic mass is 32.1. The molecular weight excluding hydrogens is 394 g/mol. The molecule has 2 heterocycles. The minimum absolute atomic E-state index is 0.0771. The van der Waals surface area contributed by atoms with Gasteiger partial charge in [-0.05, 0) is 44.4 Å². The maximum absolute atomic E-state index is 12.9. The van der Waals surface area contributed by atoms with Crippen LogP contribution in [0.2, 0.25) is 0 Å². The normalized spacial score (nSPS) is 11.1. The number of carbonyl (C=O) groups excluding carboxylic acids is 1. The lowest BCUT2D eigenvalue weighted by Gasteiger charge is -2.13. The topological polar surface area (TPSA) is 64.0 Å². The van der Waals surface area contributed by atoms with Crippen molar-refractivity contribution in [2.75, 3.05) is 5.32 Å². The van der Waals surface area contributed by atoms with Gasteiger partial charge in [-0.3, -0.25) is 14.2 Å². The Morgan fingerprint density at radius 2 is 1.70 bits per heavy atom. The minimum Gasteiger partial charge on any atom is -0.324 e. The monoisotopic (exact) mass is 417 g/mol. The molecule has 0 spiro atoms. The molecule has 2 aromatic heterocycles. The van der Waals surface area contributed by atoms with Gasteiger partial charge in [-0.2, -0.15) is 0 Å². The van der Waals surface area contributed by atoms with E-state index in [0.29, 0.717) is 10.2 Å². The SMILES string of the molecule is Cc1ccc(-c2csc3c(=O)n(CC(=O)Nc4c(C)cc(C)cc4C)cnc23)cc1. The second-order valence-electron chi connectivity index (χ2n) is 7.69. The van der Waals surface area contributed by atoms with Crippen LogP contribution in [-0.4, -0.2) is 15.5 Å². The Kier molecular flexibility index (Phi) is 5.26. The van der Waals surface area contributed by atoms with E-state index >= 15 is 0 Å². The van der Waals surface area contributed by atoms with Crippen LogP contribution in [0.25, 0.3) is 21.3 Å². The summed E-state index contributed by atoms with van der Waals surface area (Å²) < 4.78 is 1.93. The Balaban J connectivity index is 1.61. The average molecular weight is 418 g/mol. The summed E-state index contributed by atoms with van der Waals surface area (Å²) in [4.78, 5) is 30.1. The number of hydrogen-bond donors (Lipinski definition) is 1. The van der Waals surface area contributed by atoms with Gasteiger partial charge >= 0.3 is 0 Å². The molecule has 4 aromatic rings. The highest BCUT2D eigenvalue weighted by Gasteiger charge is 2.15. The molecule has 0 aliphatic carbocycles. The van der Waals surface area contributed by atoms with Crippen LogP contribution in [0, 0.1) is 27.7 Å². The summed E-state index contributed by atoms with van der Waals surface area (Å²) >= 11 is 1.36. The van der Waals surface area contributed by atoms with E-state index in [0.717, 1.165) is 33.5 Å². The summed E-state index contributed by atoms with van der Waals surface area (Å²) in [7, 11) is 0. The summed E-state index contributed by atoms with van der Waals surface area (Å²) in [5, 5.41) is 4.89. The quantitative estimate of drug-likeness (QED) is 0.508. The number of amides is 1. The first-order chi connectivity index (χ1) is 14.3. The van der Waals surface area contributed by atoms with Crippen LogP contribution in [0.5, 0.6) is 0 Å². The van der Waals surface area contributed by atoms with Gasteiger partial charge in [-0.25, -0.2) is 4.98 Å². The summed E-state index contributed by atoms with van der Waals surface area (Å²) in [5.74, 6) is -0.247. The average Bonchev–Trinajstić information content (AvgIpc) is 3.12. The van der Waals surface area contributed by atoms with Crippen molar-refractivity contribution in [1.29, 1.82) is 0 Å². The molecule has 1 amide bonds. The molecule has 152 valence electrons. The van der Waals surface area contributed by atoms with Crippen LogP contribution in [-0.2, 0) is 11.3 Å². The molecule has 30 heavy (non-hydrogen) atoms. The number of aryl methyl sites for hydroxylation is 4. The molecule has 6 heteroatoms. The largest absolute Gasteiger partial charge is 0.324 e. The number of nitrogens with one attached hydrogen (secondary N) is 1. The van der Waals surface area contributed by atoms with Crippen LogP contribution < -0.4 is 10.9 Å². The Morgan fingerprint density at radius 3 is 2.37 bits per heavy atom. The van der Waals surface area contributed by atoms with Crippen molar-refractivity contribution in [2.24, 2.45) is 0 Å². The molecule has 0 aliphatic heterocycles. The van der Waals surface area contributed by atoms with E-state index in [1.54, 1.807) is 0 Å². The van der Waals surface area contributed by atoms with Gasteiger partial charge in [0, 0.05) is 16.6 Å². The lowest BCUT2D eigenvalue weighted by molar-refractivity contribution is -0.116. The molecule has 0 atom stereocenters. The maximum atomic E-state index is 12.9. The van der Waals surface area contributed by atoms with Crippen LogP contribution in [0.1, 0.15) is 22.3 Å². The summed E-state index contributed by atoms with van der Waals surface area (Å²) in [6.45, 7) is 7.92. The standard InChI is InChI=1S/C24H23N3O2S/c1-14-5-7-18(8-6-14)19-12-30-23-22(19)25-13-27(24(23)29)11-20(28)26-21-16(3)9-15(2)10-17(21)4/h5-10,12-13H,11H2,1-4H3,(H,26,28). The van der Waals surface area contributed by atoms with E-state index in [1.807, 2.05) is 69.5 Å². The Labute approximate surface area is 179 Å². The van der Waals surface area contributed by atoms with Gasteiger partial charge in [0.05, 0.1) is 11.8 Å². The van der Waals surface area contributed by atoms with Crippen molar-refractivity contribution in [3.8, 4) is 11.1 Å². The summed E-state index contributed by atoms with van der Waals surface area (Å²) in [6.07, 6.45) is 1.46. The van der Waals surface area contributed by atoms with E-state index in [1.165, 1.54) is 27.8 Å². The Bertz CT molecular complexity index is 1290. The number of thiophene rings is 1. The molecule has 0 aliphatic rings. The van der Waals surface area contributed by atoms with Crippen molar-refractivity contribution in [2.45, 2.75) is 34.2 Å². The number of nitrogens with zero attached hydrogens (tertiary/aromatic N) is 2. The van der Waals surface area contributed by atoms with Gasteiger partial charge in [0.2, 0.25) is 5.91 Å². The Morgan fingerprint density at radius 1 is 1.03 bits per heavy atom. The van der Waals surface area contributed by atoms with E-state index in [4.69, 9.17) is 0 Å². The first-order valence-electron chi connectivity index (χ1n) is 9.75. The molecule has 0 bridgehead atoms. The van der Waals surface area contributed by atoms with Crippen molar-refractivity contribution >= 4 is 33.1 Å². The molecule has 1 N–H and O–H groups in total. The third-order valence-corrected chi connectivity index (χ3v) is 6.12. The van der Waals surface area contributed by atoms with Crippen molar-refractivity contribution in [3.63, 3.8) is 0 Å². The Hall–Kier alpha value is -3.25. The van der Waals surface area contributed by atoms with Gasteiger partial charge in [0.25, 0.3) is 5.56 Å². The molecule has 4 rings (SSSR count). The number of hydrogen-bond acceptors (Lipinski definition) is 4. The van der Waals surface area contributed by atoms with Crippen LogP contribution in [0.4, 0.5) is 5.69 Å². The summed E-state index contributed by atoms with van der Waals surface area (Å²) in [5.41, 5.74) is 7.58. The van der Waals surface area contributed by atoms with Crippen LogP contribution >= 0.6 is 11.3 Å². The smallest absolute Gasteiger partial charge is 0.271 e. The molecule has 0 fully saturated rings. The van der Waals surface area contributed by atoms with Gasteiger partial charge in [-0.15, -0.1) is 11.3 Å². The number of benzene rings is 2. The van der Waals surface area contributed by atoms with Gasteiger partial charge in [0.15, 0.2) is 0 Å². The molecule has 0 radical (unpaired) electrons. The molecule has 2 aromatic carbocycles. The van der Waals surface area contributed by atoms with E-state index in [9.17, 15) is 9.59 Å². The first kappa shape index (κ1) is 20.0. The highest BCUT2D eigenvalue weighted by Crippen LogP contribution is 2.30. The second kappa shape index (κ2) is 7.88. The minimum atomic E-state index is -0.247. The van der Waals surface area contributed by atoms with Crippen molar-refractivity contribution < 1.29 is 4.79 Å². The maximum Gasteiger partial charge on any atom is 0.271 e. The zero-order valence-electron chi connectivity index (χ0n) is 17.4. The lowest BCUT2D eigenvalue weighted by atomic mass is 10.1. The van der Waals surface area contributed by atoms with Gasteiger partial charge in [0.1, 0.15) is 11.2 Å². The van der Waals surface area contributed by atoms with E-state index in [2.05, 4.69) is 10.3 Å². The lowest BCUT2D eigenvalue weighted by Crippen LogP contribution is -2.27. The van der Waals surface area contributed by atoms with Crippen LogP contribution in [0.15, 0.2) is 52.9 Å². The van der Waals surface area contributed by atoms with Gasteiger partial charge < -0.3 is 5.32 Å². The highest BCUT2D eigenvalue weighted by molar-refractivity contribution is 7.17. The second-order valence-corrected chi connectivity index (χ2v) is 8.57. The molecular formula is C24H23N3O2S. The predicted octanol–water partition coefficient (Wildman–Crippen LogP) is 5.00. The van der Waals surface area contributed by atoms with Crippen molar-refractivity contribution in [3.05, 3.63) is 80.7 Å². The van der Waals surface area contributed by atoms with E-state index in [-0.39, 0.29) is 18.0 Å². The third-order valence-electron chi connectivity index (χ3n) is 5.16. The predicted molar refractivity (Wildman–Crippen MR) is 123 cm³/mol.